The van der Waals surface area contributed by atoms with E-state index in [4.69, 9.17) is 14.2 Å². The molecule has 0 aliphatic rings. The number of unbranched alkanes of at least 4 members (excludes halogenated alkanes) is 33. The summed E-state index contributed by atoms with van der Waals surface area (Å²) in [5, 5.41) is 0. The monoisotopic (exact) mass is 965 g/mol. The van der Waals surface area contributed by atoms with Crippen LogP contribution in [0.1, 0.15) is 303 Å². The van der Waals surface area contributed by atoms with Crippen LogP contribution in [-0.2, 0) is 28.6 Å². The average Bonchev–Trinajstić information content (AvgIpc) is 3.35. The summed E-state index contributed by atoms with van der Waals surface area (Å²) in [7, 11) is 0. The van der Waals surface area contributed by atoms with Crippen molar-refractivity contribution in [3.8, 4) is 0 Å². The maximum Gasteiger partial charge on any atom is 0.306 e. The summed E-state index contributed by atoms with van der Waals surface area (Å²) >= 11 is 0. The van der Waals surface area contributed by atoms with Crippen molar-refractivity contribution in [2.24, 2.45) is 0 Å². The molecule has 69 heavy (non-hydrogen) atoms. The van der Waals surface area contributed by atoms with Gasteiger partial charge in [0.2, 0.25) is 0 Å². The normalized spacial score (nSPS) is 12.4. The van der Waals surface area contributed by atoms with E-state index in [-0.39, 0.29) is 37.5 Å². The zero-order valence-electron chi connectivity index (χ0n) is 45.8. The third-order valence-corrected chi connectivity index (χ3v) is 13.0. The van der Waals surface area contributed by atoms with E-state index < -0.39 is 6.10 Å². The van der Waals surface area contributed by atoms with Crippen LogP contribution >= 0.6 is 0 Å². The lowest BCUT2D eigenvalue weighted by atomic mass is 10.0. The van der Waals surface area contributed by atoms with E-state index in [1.807, 2.05) is 0 Å². The van der Waals surface area contributed by atoms with Crippen LogP contribution in [0.5, 0.6) is 0 Å². The summed E-state index contributed by atoms with van der Waals surface area (Å²) in [5.41, 5.74) is 0. The predicted molar refractivity (Wildman–Crippen MR) is 298 cm³/mol. The molecule has 0 spiro atoms. The van der Waals surface area contributed by atoms with Gasteiger partial charge in [0.15, 0.2) is 6.10 Å². The molecule has 0 aromatic rings. The molecule has 0 saturated carbocycles. The minimum Gasteiger partial charge on any atom is -0.462 e. The van der Waals surface area contributed by atoms with Crippen molar-refractivity contribution in [1.82, 2.24) is 0 Å². The molecule has 0 bridgehead atoms. The van der Waals surface area contributed by atoms with Gasteiger partial charge in [-0.25, -0.2) is 0 Å². The van der Waals surface area contributed by atoms with Gasteiger partial charge in [0.25, 0.3) is 0 Å². The van der Waals surface area contributed by atoms with Crippen molar-refractivity contribution in [2.45, 2.75) is 309 Å². The third-order valence-electron chi connectivity index (χ3n) is 13.0. The highest BCUT2D eigenvalue weighted by Crippen LogP contribution is 2.17. The highest BCUT2D eigenvalue weighted by molar-refractivity contribution is 5.71. The standard InChI is InChI=1S/C63H112O6/c1-4-7-10-13-16-19-22-25-27-29-30-31-32-34-36-39-41-44-47-50-53-56-62(65)68-59-60(69-63(66)57-54-51-48-45-42-37-24-21-18-15-12-9-6-3)58-67-61(64)55-52-49-46-43-40-38-35-33-28-26-23-20-17-14-11-8-5-2/h8,11,17,20,26,28,35,38,43,46,60H,4-7,9-10,12-16,18-19,21-25,27,29-34,36-37,39-42,44-45,47-59H2,1-3H3/b11-8-,20-17-,28-26-,38-35-,46-43-/t60-/m1/s1. The molecule has 0 rings (SSSR count). The molecule has 0 unspecified atom stereocenters. The Morgan fingerprint density at radius 3 is 0.884 bits per heavy atom. The SMILES string of the molecule is CC/C=C\C/C=C\C/C=C\C/C=C\C/C=C\CCCC(=O)OC[C@H](COC(=O)CCCCCCCCCCCCCCCCCCCCCCC)OC(=O)CCCCCCCCCCCCCCC. The summed E-state index contributed by atoms with van der Waals surface area (Å²) < 4.78 is 16.8. The van der Waals surface area contributed by atoms with Crippen LogP contribution in [0.4, 0.5) is 0 Å². The highest BCUT2D eigenvalue weighted by Gasteiger charge is 2.19. The van der Waals surface area contributed by atoms with Crippen molar-refractivity contribution < 1.29 is 28.6 Å². The van der Waals surface area contributed by atoms with Gasteiger partial charge in [0.05, 0.1) is 0 Å². The molecule has 0 aromatic carbocycles. The zero-order valence-corrected chi connectivity index (χ0v) is 45.8. The number of rotatable bonds is 54. The molecule has 0 aliphatic heterocycles. The maximum atomic E-state index is 12.8. The largest absolute Gasteiger partial charge is 0.462 e. The minimum absolute atomic E-state index is 0.0876. The van der Waals surface area contributed by atoms with Crippen molar-refractivity contribution in [3.63, 3.8) is 0 Å². The quantitative estimate of drug-likeness (QED) is 0.0262. The minimum atomic E-state index is -0.793. The number of ether oxygens (including phenoxy) is 3. The van der Waals surface area contributed by atoms with E-state index in [1.165, 1.54) is 180 Å². The Labute approximate surface area is 428 Å². The Morgan fingerprint density at radius 1 is 0.304 bits per heavy atom. The fourth-order valence-electron chi connectivity index (χ4n) is 8.60. The zero-order chi connectivity index (χ0) is 50.0. The molecule has 0 fully saturated rings. The second kappa shape index (κ2) is 57.7. The van der Waals surface area contributed by atoms with Crippen LogP contribution in [-0.4, -0.2) is 37.2 Å². The molecular weight excluding hydrogens is 853 g/mol. The molecule has 1 atom stereocenters. The fraction of sp³-hybridized carbons (Fsp3) is 0.794. The van der Waals surface area contributed by atoms with Gasteiger partial charge in [-0.3, -0.25) is 14.4 Å². The molecule has 400 valence electrons. The van der Waals surface area contributed by atoms with Gasteiger partial charge in [0.1, 0.15) is 13.2 Å². The van der Waals surface area contributed by atoms with E-state index >= 15 is 0 Å². The summed E-state index contributed by atoms with van der Waals surface area (Å²) in [6.45, 7) is 6.52. The van der Waals surface area contributed by atoms with E-state index in [2.05, 4.69) is 81.5 Å². The molecule has 0 N–H and O–H groups in total. The molecule has 0 amide bonds. The number of carbonyl (C=O) groups excluding carboxylic acids is 3. The van der Waals surface area contributed by atoms with Crippen LogP contribution in [0, 0.1) is 0 Å². The van der Waals surface area contributed by atoms with Crippen LogP contribution < -0.4 is 0 Å². The van der Waals surface area contributed by atoms with E-state index in [1.54, 1.807) is 0 Å². The molecule has 0 aromatic heterocycles. The molecule has 0 aliphatic carbocycles. The van der Waals surface area contributed by atoms with E-state index in [0.29, 0.717) is 19.3 Å². The van der Waals surface area contributed by atoms with Crippen LogP contribution in [0.2, 0.25) is 0 Å². The number of esters is 3. The Hall–Kier alpha value is -2.89. The Bertz CT molecular complexity index is 1250. The second-order valence-corrected chi connectivity index (χ2v) is 19.9. The molecule has 6 heteroatoms. The Balaban J connectivity index is 4.36. The Kier molecular flexibility index (Phi) is 55.3. The van der Waals surface area contributed by atoms with Crippen LogP contribution in [0.15, 0.2) is 60.8 Å². The number of hydrogen-bond donors (Lipinski definition) is 0. The van der Waals surface area contributed by atoms with Gasteiger partial charge in [-0.05, 0) is 57.8 Å². The first kappa shape index (κ1) is 66.1. The molecule has 6 nitrogen and oxygen atoms in total. The van der Waals surface area contributed by atoms with Crippen LogP contribution in [0.3, 0.4) is 0 Å². The molecule has 0 saturated heterocycles. The maximum absolute atomic E-state index is 12.8. The predicted octanol–water partition coefficient (Wildman–Crippen LogP) is 20.0. The smallest absolute Gasteiger partial charge is 0.306 e. The van der Waals surface area contributed by atoms with Gasteiger partial charge in [-0.1, -0.05) is 287 Å². The van der Waals surface area contributed by atoms with Gasteiger partial charge < -0.3 is 14.2 Å². The van der Waals surface area contributed by atoms with Crippen LogP contribution in [0.25, 0.3) is 0 Å². The summed E-state index contributed by atoms with van der Waals surface area (Å²) in [6, 6.07) is 0. The lowest BCUT2D eigenvalue weighted by molar-refractivity contribution is -0.167. The van der Waals surface area contributed by atoms with Gasteiger partial charge in [0, 0.05) is 19.3 Å². The van der Waals surface area contributed by atoms with Gasteiger partial charge in [-0.15, -0.1) is 0 Å². The molecule has 0 radical (unpaired) electrons. The third kappa shape index (κ3) is 55.9. The first-order valence-corrected chi connectivity index (χ1v) is 29.8. The fourth-order valence-corrected chi connectivity index (χ4v) is 8.60. The molecule has 0 heterocycles. The van der Waals surface area contributed by atoms with Crippen molar-refractivity contribution >= 4 is 17.9 Å². The van der Waals surface area contributed by atoms with Crippen molar-refractivity contribution in [2.75, 3.05) is 13.2 Å². The number of allylic oxidation sites excluding steroid dienone is 10. The second-order valence-electron chi connectivity index (χ2n) is 19.9. The number of carbonyl (C=O) groups is 3. The summed E-state index contributed by atoms with van der Waals surface area (Å²) in [4.78, 5) is 38.1. The van der Waals surface area contributed by atoms with Crippen molar-refractivity contribution in [3.05, 3.63) is 60.8 Å². The first-order valence-electron chi connectivity index (χ1n) is 29.8. The average molecular weight is 966 g/mol. The number of hydrogen-bond acceptors (Lipinski definition) is 6. The van der Waals surface area contributed by atoms with Crippen molar-refractivity contribution in [1.29, 1.82) is 0 Å². The molecular formula is C63H112O6. The highest BCUT2D eigenvalue weighted by atomic mass is 16.6. The van der Waals surface area contributed by atoms with Gasteiger partial charge in [-0.2, -0.15) is 0 Å². The first-order chi connectivity index (χ1) is 34.0. The topological polar surface area (TPSA) is 78.9 Å². The van der Waals surface area contributed by atoms with E-state index in [0.717, 1.165) is 77.0 Å². The summed E-state index contributed by atoms with van der Waals surface area (Å²) in [6.07, 6.45) is 72.3. The summed E-state index contributed by atoms with van der Waals surface area (Å²) in [5.74, 6) is -0.933. The van der Waals surface area contributed by atoms with E-state index in [9.17, 15) is 14.4 Å². The Morgan fingerprint density at radius 2 is 0.565 bits per heavy atom. The lowest BCUT2D eigenvalue weighted by Gasteiger charge is -2.18. The lowest BCUT2D eigenvalue weighted by Crippen LogP contribution is -2.30. The van der Waals surface area contributed by atoms with Gasteiger partial charge >= 0.3 is 17.9 Å².